The van der Waals surface area contributed by atoms with E-state index in [1.165, 1.54) is 6.42 Å². The fourth-order valence-corrected chi connectivity index (χ4v) is 3.49. The molecule has 0 bridgehead atoms. The normalized spacial score (nSPS) is 15.6. The molecule has 2 aromatic rings. The third-order valence-electron chi connectivity index (χ3n) is 4.85. The van der Waals surface area contributed by atoms with Gasteiger partial charge in [0.15, 0.2) is 5.69 Å². The fourth-order valence-electron chi connectivity index (χ4n) is 3.30. The number of likely N-dealkylation sites (tertiary alicyclic amines) is 1. The lowest BCUT2D eigenvalue weighted by Crippen LogP contribution is -2.39. The summed E-state index contributed by atoms with van der Waals surface area (Å²) in [5, 5.41) is 12.1. The lowest BCUT2D eigenvalue weighted by Gasteiger charge is -2.31. The van der Waals surface area contributed by atoms with E-state index >= 15 is 0 Å². The molecule has 1 fully saturated rings. The predicted molar refractivity (Wildman–Crippen MR) is 98.3 cm³/mol. The Morgan fingerprint density at radius 2 is 2.12 bits per heavy atom. The van der Waals surface area contributed by atoms with Gasteiger partial charge in [-0.2, -0.15) is 0 Å². The van der Waals surface area contributed by atoms with E-state index in [-0.39, 0.29) is 5.91 Å². The van der Waals surface area contributed by atoms with Gasteiger partial charge in [-0.3, -0.25) is 4.79 Å². The van der Waals surface area contributed by atoms with Crippen molar-refractivity contribution in [1.82, 2.24) is 25.2 Å². The second kappa shape index (κ2) is 7.97. The Morgan fingerprint density at radius 3 is 2.80 bits per heavy atom. The van der Waals surface area contributed by atoms with Gasteiger partial charge in [-0.05, 0) is 63.9 Å². The SMILES string of the molecule is CNCCC1CCN(C(=O)c2nnn(-c3cccc(Cl)c3)c2C)CC1. The van der Waals surface area contributed by atoms with E-state index in [1.54, 1.807) is 4.68 Å². The first-order chi connectivity index (χ1) is 12.1. The first-order valence-corrected chi connectivity index (χ1v) is 9.10. The molecule has 0 spiro atoms. The molecule has 6 nitrogen and oxygen atoms in total. The Morgan fingerprint density at radius 1 is 1.36 bits per heavy atom. The van der Waals surface area contributed by atoms with Crippen LogP contribution < -0.4 is 5.32 Å². The number of benzene rings is 1. The van der Waals surface area contributed by atoms with E-state index in [1.807, 2.05) is 43.1 Å². The van der Waals surface area contributed by atoms with Crippen LogP contribution in [0, 0.1) is 12.8 Å². The number of hydrogen-bond acceptors (Lipinski definition) is 4. The van der Waals surface area contributed by atoms with Crippen molar-refractivity contribution in [2.75, 3.05) is 26.7 Å². The Bertz CT molecular complexity index is 737. The standard InChI is InChI=1S/C18H24ClN5O/c1-13-17(21-22-24(13)16-5-3-4-15(19)12-16)18(25)23-10-7-14(8-11-23)6-9-20-2/h3-5,12,14,20H,6-11H2,1-2H3. The lowest BCUT2D eigenvalue weighted by atomic mass is 9.93. The van der Waals surface area contributed by atoms with Crippen LogP contribution >= 0.6 is 11.6 Å². The highest BCUT2D eigenvalue weighted by molar-refractivity contribution is 6.30. The van der Waals surface area contributed by atoms with Gasteiger partial charge in [0.25, 0.3) is 5.91 Å². The molecular weight excluding hydrogens is 338 g/mol. The molecule has 1 aliphatic heterocycles. The van der Waals surface area contributed by atoms with Gasteiger partial charge < -0.3 is 10.2 Å². The van der Waals surface area contributed by atoms with Crippen LogP contribution in [0.25, 0.3) is 5.69 Å². The number of carbonyl (C=O) groups excluding carboxylic acids is 1. The van der Waals surface area contributed by atoms with Crippen LogP contribution in [0.3, 0.4) is 0 Å². The fraction of sp³-hybridized carbons (Fsp3) is 0.500. The molecule has 1 aliphatic rings. The van der Waals surface area contributed by atoms with E-state index in [9.17, 15) is 4.79 Å². The second-order valence-electron chi connectivity index (χ2n) is 6.54. The average Bonchev–Trinajstić information content (AvgIpc) is 3.01. The molecule has 0 radical (unpaired) electrons. The van der Waals surface area contributed by atoms with Crippen molar-refractivity contribution < 1.29 is 4.79 Å². The number of carbonyl (C=O) groups is 1. The molecule has 7 heteroatoms. The molecule has 2 heterocycles. The van der Waals surface area contributed by atoms with Crippen molar-refractivity contribution in [1.29, 1.82) is 0 Å². The Kier molecular flexibility index (Phi) is 5.71. The molecule has 1 aromatic heterocycles. The quantitative estimate of drug-likeness (QED) is 0.889. The highest BCUT2D eigenvalue weighted by Gasteiger charge is 2.27. The van der Waals surface area contributed by atoms with Crippen molar-refractivity contribution in [2.45, 2.75) is 26.2 Å². The molecule has 0 unspecified atom stereocenters. The van der Waals surface area contributed by atoms with Gasteiger partial charge in [-0.15, -0.1) is 5.10 Å². The first kappa shape index (κ1) is 17.9. The van der Waals surface area contributed by atoms with Gasteiger partial charge in [0.1, 0.15) is 0 Å². The summed E-state index contributed by atoms with van der Waals surface area (Å²) in [4.78, 5) is 14.7. The van der Waals surface area contributed by atoms with Crippen molar-refractivity contribution in [3.05, 3.63) is 40.7 Å². The summed E-state index contributed by atoms with van der Waals surface area (Å²) >= 11 is 6.05. The molecule has 0 aliphatic carbocycles. The number of nitrogens with zero attached hydrogens (tertiary/aromatic N) is 4. The Hall–Kier alpha value is -1.92. The Balaban J connectivity index is 1.70. The van der Waals surface area contributed by atoms with Crippen molar-refractivity contribution in [2.24, 2.45) is 5.92 Å². The minimum absolute atomic E-state index is 0.0298. The van der Waals surface area contributed by atoms with Crippen LogP contribution in [0.1, 0.15) is 35.4 Å². The Labute approximate surface area is 153 Å². The minimum atomic E-state index is -0.0298. The number of aromatic nitrogens is 3. The van der Waals surface area contributed by atoms with E-state index in [0.717, 1.165) is 43.9 Å². The van der Waals surface area contributed by atoms with E-state index < -0.39 is 0 Å². The molecule has 0 atom stereocenters. The van der Waals surface area contributed by atoms with E-state index in [0.29, 0.717) is 16.6 Å². The zero-order valence-corrected chi connectivity index (χ0v) is 15.5. The van der Waals surface area contributed by atoms with Crippen LogP contribution in [0.2, 0.25) is 5.02 Å². The van der Waals surface area contributed by atoms with Crippen LogP contribution in [0.5, 0.6) is 0 Å². The van der Waals surface area contributed by atoms with Crippen molar-refractivity contribution in [3.63, 3.8) is 0 Å². The van der Waals surface area contributed by atoms with Gasteiger partial charge in [-0.1, -0.05) is 22.9 Å². The van der Waals surface area contributed by atoms with Crippen molar-refractivity contribution in [3.8, 4) is 5.69 Å². The number of halogens is 1. The lowest BCUT2D eigenvalue weighted by molar-refractivity contribution is 0.0680. The van der Waals surface area contributed by atoms with Crippen LogP contribution in [-0.2, 0) is 0 Å². The zero-order valence-electron chi connectivity index (χ0n) is 14.7. The van der Waals surface area contributed by atoms with Gasteiger partial charge in [-0.25, -0.2) is 4.68 Å². The predicted octanol–water partition coefficient (Wildman–Crippen LogP) is 2.69. The summed E-state index contributed by atoms with van der Waals surface area (Å²) in [6.07, 6.45) is 3.27. The summed E-state index contributed by atoms with van der Waals surface area (Å²) in [7, 11) is 1.98. The van der Waals surface area contributed by atoms with Crippen LogP contribution in [-0.4, -0.2) is 52.5 Å². The third kappa shape index (κ3) is 4.02. The van der Waals surface area contributed by atoms with Crippen molar-refractivity contribution >= 4 is 17.5 Å². The number of hydrogen-bond donors (Lipinski definition) is 1. The highest BCUT2D eigenvalue weighted by atomic mass is 35.5. The topological polar surface area (TPSA) is 63.1 Å². The van der Waals surface area contributed by atoms with Gasteiger partial charge in [0, 0.05) is 18.1 Å². The molecule has 0 saturated carbocycles. The molecule has 1 N–H and O–H groups in total. The second-order valence-corrected chi connectivity index (χ2v) is 6.98. The molecule has 1 amide bonds. The molecular formula is C18H24ClN5O. The minimum Gasteiger partial charge on any atom is -0.337 e. The van der Waals surface area contributed by atoms with E-state index in [2.05, 4.69) is 15.6 Å². The zero-order chi connectivity index (χ0) is 17.8. The number of piperidine rings is 1. The summed E-state index contributed by atoms with van der Waals surface area (Å²) in [6, 6.07) is 7.37. The third-order valence-corrected chi connectivity index (χ3v) is 5.09. The molecule has 3 rings (SSSR count). The summed E-state index contributed by atoms with van der Waals surface area (Å²) in [5.74, 6) is 0.664. The maximum absolute atomic E-state index is 12.8. The smallest absolute Gasteiger partial charge is 0.276 e. The monoisotopic (exact) mass is 361 g/mol. The molecule has 1 saturated heterocycles. The largest absolute Gasteiger partial charge is 0.337 e. The van der Waals surface area contributed by atoms with E-state index in [4.69, 9.17) is 11.6 Å². The summed E-state index contributed by atoms with van der Waals surface area (Å²) in [5.41, 5.74) is 1.97. The van der Waals surface area contributed by atoms with Gasteiger partial charge >= 0.3 is 0 Å². The number of rotatable bonds is 5. The first-order valence-electron chi connectivity index (χ1n) is 8.72. The van der Waals surface area contributed by atoms with Gasteiger partial charge in [0.05, 0.1) is 11.4 Å². The maximum atomic E-state index is 12.8. The summed E-state index contributed by atoms with van der Waals surface area (Å²) in [6.45, 7) is 4.48. The molecule has 25 heavy (non-hydrogen) atoms. The highest BCUT2D eigenvalue weighted by Crippen LogP contribution is 2.22. The number of amides is 1. The maximum Gasteiger partial charge on any atom is 0.276 e. The van der Waals surface area contributed by atoms with Crippen LogP contribution in [0.15, 0.2) is 24.3 Å². The molecule has 134 valence electrons. The van der Waals surface area contributed by atoms with Crippen LogP contribution in [0.4, 0.5) is 0 Å². The number of nitrogens with one attached hydrogen (secondary N) is 1. The average molecular weight is 362 g/mol. The summed E-state index contributed by atoms with van der Waals surface area (Å²) < 4.78 is 1.67. The molecule has 1 aromatic carbocycles. The van der Waals surface area contributed by atoms with Gasteiger partial charge in [0.2, 0.25) is 0 Å².